The predicted molar refractivity (Wildman–Crippen MR) is 122 cm³/mol. The Morgan fingerprint density at radius 3 is 2.47 bits per heavy atom. The van der Waals surface area contributed by atoms with E-state index in [1.807, 2.05) is 0 Å². The Balaban J connectivity index is 1.54. The summed E-state index contributed by atoms with van der Waals surface area (Å²) in [5.74, 6) is -2.15. The van der Waals surface area contributed by atoms with E-state index in [1.54, 1.807) is 6.07 Å². The van der Waals surface area contributed by atoms with Gasteiger partial charge in [0.15, 0.2) is 5.82 Å². The first-order valence-corrected chi connectivity index (χ1v) is 11.2. The first kappa shape index (κ1) is 24.4. The van der Waals surface area contributed by atoms with Crippen LogP contribution in [0.5, 0.6) is 5.75 Å². The molecular weight excluding hydrogens is 499 g/mol. The van der Waals surface area contributed by atoms with Gasteiger partial charge in [0.05, 0.1) is 45.4 Å². The molecule has 1 fully saturated rings. The Kier molecular flexibility index (Phi) is 6.82. The number of hydrogen-bond acceptors (Lipinski definition) is 4. The molecule has 1 heterocycles. The third-order valence-electron chi connectivity index (χ3n) is 5.86. The zero-order valence-electron chi connectivity index (χ0n) is 17.8. The fourth-order valence-corrected chi connectivity index (χ4v) is 4.38. The summed E-state index contributed by atoms with van der Waals surface area (Å²) < 4.78 is 58.4. The molecule has 0 radical (unpaired) electrons. The van der Waals surface area contributed by atoms with Gasteiger partial charge in [0.25, 0.3) is 5.91 Å². The first-order valence-electron chi connectivity index (χ1n) is 10.4. The van der Waals surface area contributed by atoms with Crippen LogP contribution < -0.4 is 15.4 Å². The normalized spacial score (nSPS) is 18.7. The molecule has 1 aliphatic rings. The van der Waals surface area contributed by atoms with Gasteiger partial charge >= 0.3 is 6.18 Å². The first-order chi connectivity index (χ1) is 16.1. The van der Waals surface area contributed by atoms with Crippen LogP contribution in [0.15, 0.2) is 24.3 Å². The van der Waals surface area contributed by atoms with Crippen LogP contribution in [0.1, 0.15) is 36.0 Å². The maximum Gasteiger partial charge on any atom is 0.391 e. The topological polar surface area (TPSA) is 79.0 Å². The lowest BCUT2D eigenvalue weighted by atomic mass is 9.85. The van der Waals surface area contributed by atoms with Gasteiger partial charge in [0, 0.05) is 12.1 Å². The summed E-state index contributed by atoms with van der Waals surface area (Å²) in [6.45, 7) is 0. The number of H-pyrrole nitrogens is 1. The van der Waals surface area contributed by atoms with Gasteiger partial charge < -0.3 is 20.4 Å². The van der Waals surface area contributed by atoms with Crippen molar-refractivity contribution in [1.29, 1.82) is 0 Å². The number of amides is 1. The highest BCUT2D eigenvalue weighted by molar-refractivity contribution is 6.35. The van der Waals surface area contributed by atoms with Crippen LogP contribution >= 0.6 is 23.2 Å². The zero-order chi connectivity index (χ0) is 24.6. The largest absolute Gasteiger partial charge is 0.496 e. The Bertz CT molecular complexity index is 1220. The number of fused-ring (bicyclic) bond motifs is 1. The summed E-state index contributed by atoms with van der Waals surface area (Å²) in [5, 5.41) is 5.52. The number of alkyl halides is 3. The fraction of sp³-hybridized carbons (Fsp3) is 0.364. The maximum absolute atomic E-state index is 14.3. The number of carbonyl (C=O) groups excluding carboxylic acids is 1. The highest BCUT2D eigenvalue weighted by atomic mass is 35.5. The molecule has 1 saturated carbocycles. The van der Waals surface area contributed by atoms with E-state index in [0.29, 0.717) is 11.0 Å². The number of hydrogen-bond donors (Lipinski definition) is 3. The molecule has 0 bridgehead atoms. The number of aromatic amines is 1. The van der Waals surface area contributed by atoms with E-state index in [-0.39, 0.29) is 64.7 Å². The second-order valence-corrected chi connectivity index (χ2v) is 8.88. The molecule has 6 nitrogen and oxygen atoms in total. The Morgan fingerprint density at radius 1 is 1.15 bits per heavy atom. The van der Waals surface area contributed by atoms with Gasteiger partial charge in [-0.3, -0.25) is 4.79 Å². The molecule has 0 unspecified atom stereocenters. The summed E-state index contributed by atoms with van der Waals surface area (Å²) >= 11 is 11.9. The summed E-state index contributed by atoms with van der Waals surface area (Å²) in [5.41, 5.74) is 0.999. The van der Waals surface area contributed by atoms with E-state index in [4.69, 9.17) is 27.9 Å². The number of carbonyl (C=O) groups is 1. The number of ether oxygens (including phenoxy) is 1. The SMILES string of the molecule is COc1cc2[nH]c(Nc3c(Cl)ccc(Cl)c3F)nc2cc1C(=O)N[C@H]1CC[C@H](C(F)(F)F)CC1. The van der Waals surface area contributed by atoms with Crippen molar-refractivity contribution in [2.24, 2.45) is 5.92 Å². The fourth-order valence-electron chi connectivity index (χ4n) is 4.03. The number of nitrogens with one attached hydrogen (secondary N) is 3. The van der Waals surface area contributed by atoms with E-state index < -0.39 is 23.8 Å². The Hall–Kier alpha value is -2.72. The molecule has 34 heavy (non-hydrogen) atoms. The van der Waals surface area contributed by atoms with E-state index in [0.717, 1.165) is 0 Å². The standard InChI is InChI=1S/C22H20Cl2F4N4O2/c1-34-17-9-16-15(30-21(31-16)32-19-14(24)7-6-13(23)18(19)25)8-12(17)20(33)29-11-4-2-10(3-5-11)22(26,27)28/h6-11H,2-5H2,1H3,(H,29,33)(H2,30,31,32)/t10-,11-. The van der Waals surface area contributed by atoms with Gasteiger partial charge in [-0.2, -0.15) is 13.2 Å². The number of rotatable bonds is 5. The minimum absolute atomic E-state index is 0.0262. The van der Waals surface area contributed by atoms with Crippen LogP contribution in [0, 0.1) is 11.7 Å². The number of methoxy groups -OCH3 is 1. The second kappa shape index (κ2) is 9.50. The summed E-state index contributed by atoms with van der Waals surface area (Å²) in [6, 6.07) is 5.44. The molecule has 0 atom stereocenters. The van der Waals surface area contributed by atoms with Gasteiger partial charge in [-0.15, -0.1) is 0 Å². The van der Waals surface area contributed by atoms with Crippen molar-refractivity contribution in [3.8, 4) is 5.75 Å². The van der Waals surface area contributed by atoms with E-state index in [9.17, 15) is 22.4 Å². The molecule has 1 aromatic heterocycles. The van der Waals surface area contributed by atoms with Crippen LogP contribution in [0.3, 0.4) is 0 Å². The lowest BCUT2D eigenvalue weighted by Gasteiger charge is -2.30. The number of nitrogens with zero attached hydrogens (tertiary/aromatic N) is 1. The average Bonchev–Trinajstić information content (AvgIpc) is 3.19. The van der Waals surface area contributed by atoms with Crippen molar-refractivity contribution in [3.05, 3.63) is 45.7 Å². The number of imidazole rings is 1. The lowest BCUT2D eigenvalue weighted by molar-refractivity contribution is -0.182. The van der Waals surface area contributed by atoms with E-state index in [2.05, 4.69) is 20.6 Å². The molecule has 0 saturated heterocycles. The number of anilines is 2. The Morgan fingerprint density at radius 2 is 1.82 bits per heavy atom. The molecule has 1 amide bonds. The molecule has 0 aliphatic heterocycles. The molecule has 4 rings (SSSR count). The quantitative estimate of drug-likeness (QED) is 0.262. The molecule has 2 aromatic carbocycles. The third kappa shape index (κ3) is 5.02. The summed E-state index contributed by atoms with van der Waals surface area (Å²) in [4.78, 5) is 20.2. The minimum Gasteiger partial charge on any atom is -0.496 e. The number of benzene rings is 2. The molecule has 1 aliphatic carbocycles. The van der Waals surface area contributed by atoms with Gasteiger partial charge in [0.2, 0.25) is 5.95 Å². The maximum atomic E-state index is 14.3. The second-order valence-electron chi connectivity index (χ2n) is 8.06. The summed E-state index contributed by atoms with van der Waals surface area (Å²) in [6.07, 6.45) is -3.79. The molecule has 3 aromatic rings. The predicted octanol–water partition coefficient (Wildman–Crippen LogP) is 6.61. The molecule has 12 heteroatoms. The van der Waals surface area contributed by atoms with Gasteiger partial charge in [0.1, 0.15) is 5.75 Å². The van der Waals surface area contributed by atoms with Crippen LogP contribution in [0.4, 0.5) is 29.2 Å². The van der Waals surface area contributed by atoms with Crippen molar-refractivity contribution in [2.45, 2.75) is 37.9 Å². The van der Waals surface area contributed by atoms with E-state index >= 15 is 0 Å². The smallest absolute Gasteiger partial charge is 0.391 e. The van der Waals surface area contributed by atoms with Crippen molar-refractivity contribution >= 4 is 51.8 Å². The highest BCUT2D eigenvalue weighted by Crippen LogP contribution is 2.38. The van der Waals surface area contributed by atoms with Crippen molar-refractivity contribution < 1.29 is 27.1 Å². The van der Waals surface area contributed by atoms with Crippen molar-refractivity contribution in [1.82, 2.24) is 15.3 Å². The van der Waals surface area contributed by atoms with E-state index in [1.165, 1.54) is 25.3 Å². The van der Waals surface area contributed by atoms with Gasteiger partial charge in [-0.25, -0.2) is 9.37 Å². The molecule has 182 valence electrons. The lowest BCUT2D eigenvalue weighted by Crippen LogP contribution is -2.40. The highest BCUT2D eigenvalue weighted by Gasteiger charge is 2.41. The molecule has 3 N–H and O–H groups in total. The third-order valence-corrected chi connectivity index (χ3v) is 6.47. The van der Waals surface area contributed by atoms with Gasteiger partial charge in [-0.1, -0.05) is 23.2 Å². The monoisotopic (exact) mass is 518 g/mol. The minimum atomic E-state index is -4.22. The van der Waals surface area contributed by atoms with Gasteiger partial charge in [-0.05, 0) is 43.9 Å². The van der Waals surface area contributed by atoms with Crippen LogP contribution in [-0.2, 0) is 0 Å². The van der Waals surface area contributed by atoms with Crippen LogP contribution in [0.25, 0.3) is 11.0 Å². The Labute approximate surface area is 202 Å². The number of aromatic nitrogens is 2. The molecular formula is C22H20Cl2F4N4O2. The van der Waals surface area contributed by atoms with Crippen molar-refractivity contribution in [2.75, 3.05) is 12.4 Å². The number of halogens is 6. The zero-order valence-corrected chi connectivity index (χ0v) is 19.3. The average molecular weight is 519 g/mol. The van der Waals surface area contributed by atoms with Crippen LogP contribution in [0.2, 0.25) is 10.0 Å². The van der Waals surface area contributed by atoms with Crippen molar-refractivity contribution in [3.63, 3.8) is 0 Å². The summed E-state index contributed by atoms with van der Waals surface area (Å²) in [7, 11) is 1.39. The van der Waals surface area contributed by atoms with Crippen LogP contribution in [-0.4, -0.2) is 35.2 Å². The molecule has 0 spiro atoms.